The van der Waals surface area contributed by atoms with E-state index >= 15 is 0 Å². The van der Waals surface area contributed by atoms with Gasteiger partial charge in [-0.1, -0.05) is 65.3 Å². The van der Waals surface area contributed by atoms with Gasteiger partial charge in [0.1, 0.15) is 5.66 Å². The van der Waals surface area contributed by atoms with E-state index in [9.17, 15) is 19.1 Å². The van der Waals surface area contributed by atoms with Crippen molar-refractivity contribution in [1.82, 2.24) is 5.32 Å². The number of benzene rings is 1. The summed E-state index contributed by atoms with van der Waals surface area (Å²) in [6.07, 6.45) is 10.0. The van der Waals surface area contributed by atoms with Gasteiger partial charge in [0, 0.05) is 6.54 Å². The molecule has 0 fully saturated rings. The van der Waals surface area contributed by atoms with Gasteiger partial charge in [-0.25, -0.2) is 0 Å². The third-order valence-corrected chi connectivity index (χ3v) is 6.09. The maximum absolute atomic E-state index is 12.4. The van der Waals surface area contributed by atoms with Crippen molar-refractivity contribution in [3.05, 3.63) is 70.8 Å². The molecule has 30 heavy (non-hydrogen) atoms. The highest BCUT2D eigenvalue weighted by atomic mass is 31.2. The molecule has 0 aliphatic rings. The van der Waals surface area contributed by atoms with E-state index in [0.29, 0.717) is 0 Å². The van der Waals surface area contributed by atoms with Gasteiger partial charge in [-0.2, -0.15) is 0 Å². The molecule has 0 aliphatic heterocycles. The lowest BCUT2D eigenvalue weighted by atomic mass is 10.1. The zero-order valence-electron chi connectivity index (χ0n) is 18.6. The number of rotatable bonds is 12. The standard InChI is InChI=1S/C24H36NO4P/c1-19(2)10-8-11-20(3)12-9-13-21(4)16-17-23(30(27,28)29)24(26)25-18-22-14-6-5-7-15-22/h5-7,10,12,14-16,23H,8-9,11,13,17-18H2,1-4H3,(H,25,26)(H2,27,28,29). The van der Waals surface area contributed by atoms with Crippen molar-refractivity contribution >= 4 is 13.5 Å². The average Bonchev–Trinajstić information content (AvgIpc) is 2.66. The third-order valence-electron chi connectivity index (χ3n) is 4.83. The van der Waals surface area contributed by atoms with Crippen LogP contribution >= 0.6 is 7.60 Å². The van der Waals surface area contributed by atoms with Crippen LogP contribution in [0.25, 0.3) is 0 Å². The number of nitrogens with one attached hydrogen (secondary N) is 1. The SMILES string of the molecule is CC(C)=CCCC(C)=CCCC(C)=CCC(C(=O)NCc1ccccc1)P(=O)(O)O. The second-order valence-corrected chi connectivity index (χ2v) is 9.81. The van der Waals surface area contributed by atoms with Gasteiger partial charge in [0.15, 0.2) is 0 Å². The number of carbonyl (C=O) groups is 1. The molecule has 1 amide bonds. The lowest BCUT2D eigenvalue weighted by Gasteiger charge is -2.17. The first-order valence-electron chi connectivity index (χ1n) is 10.4. The van der Waals surface area contributed by atoms with Gasteiger partial charge in [-0.15, -0.1) is 0 Å². The van der Waals surface area contributed by atoms with Gasteiger partial charge in [0.05, 0.1) is 0 Å². The molecule has 0 bridgehead atoms. The summed E-state index contributed by atoms with van der Waals surface area (Å²) in [5.74, 6) is -0.619. The molecule has 0 saturated heterocycles. The Hall–Kier alpha value is -1.94. The molecular formula is C24H36NO4P. The van der Waals surface area contributed by atoms with E-state index in [0.717, 1.165) is 36.8 Å². The van der Waals surface area contributed by atoms with Crippen LogP contribution in [0, 0.1) is 0 Å². The molecule has 0 spiro atoms. The Balaban J connectivity index is 2.57. The first-order chi connectivity index (χ1) is 14.1. The molecule has 0 saturated carbocycles. The maximum Gasteiger partial charge on any atom is 0.338 e. The smallest absolute Gasteiger partial charge is 0.338 e. The van der Waals surface area contributed by atoms with Gasteiger partial charge < -0.3 is 15.1 Å². The Morgan fingerprint density at radius 2 is 1.53 bits per heavy atom. The van der Waals surface area contributed by atoms with Crippen LogP contribution in [0.15, 0.2) is 65.3 Å². The minimum atomic E-state index is -4.55. The highest BCUT2D eigenvalue weighted by molar-refractivity contribution is 7.53. The predicted molar refractivity (Wildman–Crippen MR) is 124 cm³/mol. The lowest BCUT2D eigenvalue weighted by molar-refractivity contribution is -0.121. The van der Waals surface area contributed by atoms with E-state index < -0.39 is 19.2 Å². The molecule has 5 nitrogen and oxygen atoms in total. The third kappa shape index (κ3) is 11.3. The molecule has 6 heteroatoms. The van der Waals surface area contributed by atoms with E-state index in [1.807, 2.05) is 37.3 Å². The highest BCUT2D eigenvalue weighted by Crippen LogP contribution is 2.43. The minimum Gasteiger partial charge on any atom is -0.351 e. The van der Waals surface area contributed by atoms with Gasteiger partial charge in [-0.05, 0) is 65.4 Å². The Bertz CT molecular complexity index is 802. The molecule has 3 N–H and O–H groups in total. The van der Waals surface area contributed by atoms with Crippen molar-refractivity contribution in [2.45, 2.75) is 72.0 Å². The normalized spacial score (nSPS) is 13.7. The van der Waals surface area contributed by atoms with Gasteiger partial charge in [-0.3, -0.25) is 9.36 Å². The molecular weight excluding hydrogens is 397 g/mol. The van der Waals surface area contributed by atoms with Crippen LogP contribution in [-0.4, -0.2) is 21.4 Å². The summed E-state index contributed by atoms with van der Waals surface area (Å²) in [6.45, 7) is 8.50. The van der Waals surface area contributed by atoms with Gasteiger partial charge in [0.25, 0.3) is 0 Å². The highest BCUT2D eigenvalue weighted by Gasteiger charge is 2.34. The van der Waals surface area contributed by atoms with Crippen LogP contribution < -0.4 is 5.32 Å². The van der Waals surface area contributed by atoms with Crippen LogP contribution in [0.5, 0.6) is 0 Å². The summed E-state index contributed by atoms with van der Waals surface area (Å²) < 4.78 is 11.8. The van der Waals surface area contributed by atoms with Crippen molar-refractivity contribution in [1.29, 1.82) is 0 Å². The van der Waals surface area contributed by atoms with Gasteiger partial charge in [0.2, 0.25) is 5.91 Å². The van der Waals surface area contributed by atoms with Crippen molar-refractivity contribution in [2.24, 2.45) is 0 Å². The average molecular weight is 434 g/mol. The summed E-state index contributed by atoms with van der Waals surface area (Å²) in [4.78, 5) is 31.7. The van der Waals surface area contributed by atoms with Crippen LogP contribution in [-0.2, 0) is 15.9 Å². The first-order valence-corrected chi connectivity index (χ1v) is 12.1. The molecule has 166 valence electrons. The molecule has 0 heterocycles. The Labute approximate surface area is 181 Å². The quantitative estimate of drug-likeness (QED) is 0.293. The molecule has 1 atom stereocenters. The summed E-state index contributed by atoms with van der Waals surface area (Å²) in [5, 5.41) is 2.64. The van der Waals surface area contributed by atoms with Crippen molar-refractivity contribution in [3.8, 4) is 0 Å². The fourth-order valence-electron chi connectivity index (χ4n) is 2.95. The molecule has 1 aromatic carbocycles. The lowest BCUT2D eigenvalue weighted by Crippen LogP contribution is -2.34. The monoisotopic (exact) mass is 433 g/mol. The molecule has 1 aromatic rings. The fraction of sp³-hybridized carbons (Fsp3) is 0.458. The van der Waals surface area contributed by atoms with Crippen LogP contribution in [0.1, 0.15) is 65.4 Å². The topological polar surface area (TPSA) is 86.6 Å². The largest absolute Gasteiger partial charge is 0.351 e. The first kappa shape index (κ1) is 26.1. The van der Waals surface area contributed by atoms with Gasteiger partial charge >= 0.3 is 7.60 Å². The summed E-state index contributed by atoms with van der Waals surface area (Å²) in [5.41, 5.74) is 3.21. The van der Waals surface area contributed by atoms with Crippen LogP contribution in [0.2, 0.25) is 0 Å². The Kier molecular flexibility index (Phi) is 11.6. The number of hydrogen-bond donors (Lipinski definition) is 3. The van der Waals surface area contributed by atoms with E-state index in [4.69, 9.17) is 0 Å². The minimum absolute atomic E-state index is 0.0278. The Morgan fingerprint density at radius 3 is 2.10 bits per heavy atom. The molecule has 0 aromatic heterocycles. The summed E-state index contributed by atoms with van der Waals surface area (Å²) in [7, 11) is -4.55. The van der Waals surface area contributed by atoms with Crippen molar-refractivity contribution in [3.63, 3.8) is 0 Å². The van der Waals surface area contributed by atoms with E-state index in [1.165, 1.54) is 11.1 Å². The molecule has 1 unspecified atom stereocenters. The Morgan fingerprint density at radius 1 is 0.967 bits per heavy atom. The molecule has 0 aliphatic carbocycles. The molecule has 1 rings (SSSR count). The van der Waals surface area contributed by atoms with Crippen LogP contribution in [0.3, 0.4) is 0 Å². The van der Waals surface area contributed by atoms with E-state index in [2.05, 4.69) is 38.2 Å². The zero-order chi connectivity index (χ0) is 22.6. The van der Waals surface area contributed by atoms with E-state index in [-0.39, 0.29) is 13.0 Å². The number of carbonyl (C=O) groups excluding carboxylic acids is 1. The number of hydrogen-bond acceptors (Lipinski definition) is 2. The molecule has 0 radical (unpaired) electrons. The second-order valence-electron chi connectivity index (χ2n) is 8.00. The van der Waals surface area contributed by atoms with Crippen molar-refractivity contribution < 1.29 is 19.1 Å². The predicted octanol–water partition coefficient (Wildman–Crippen LogP) is 5.66. The van der Waals surface area contributed by atoms with E-state index in [1.54, 1.807) is 6.08 Å². The number of amides is 1. The number of allylic oxidation sites excluding steroid dienone is 6. The van der Waals surface area contributed by atoms with Crippen LogP contribution in [0.4, 0.5) is 0 Å². The fourth-order valence-corrected chi connectivity index (χ4v) is 3.73. The summed E-state index contributed by atoms with van der Waals surface area (Å²) >= 11 is 0. The summed E-state index contributed by atoms with van der Waals surface area (Å²) in [6, 6.07) is 9.28. The zero-order valence-corrected chi connectivity index (χ0v) is 19.5. The maximum atomic E-state index is 12.4. The second kappa shape index (κ2) is 13.4. The van der Waals surface area contributed by atoms with Crippen molar-refractivity contribution in [2.75, 3.05) is 0 Å².